The molecule has 1 aliphatic heterocycles. The molecule has 0 saturated heterocycles. The van der Waals surface area contributed by atoms with Gasteiger partial charge in [-0.05, 0) is 43.7 Å². The number of hydrogen-bond acceptors (Lipinski definition) is 3. The molecule has 0 aliphatic carbocycles. The third-order valence-corrected chi connectivity index (χ3v) is 6.14. The van der Waals surface area contributed by atoms with Crippen molar-refractivity contribution in [1.82, 2.24) is 9.78 Å². The summed E-state index contributed by atoms with van der Waals surface area (Å²) in [6, 6.07) is 9.98. The molecule has 30 heavy (non-hydrogen) atoms. The van der Waals surface area contributed by atoms with E-state index in [4.69, 9.17) is 0 Å². The van der Waals surface area contributed by atoms with E-state index in [9.17, 15) is 22.2 Å². The van der Waals surface area contributed by atoms with Gasteiger partial charge in [0.15, 0.2) is 0 Å². The first-order valence-electron chi connectivity index (χ1n) is 9.15. The highest BCUT2D eigenvalue weighted by Gasteiger charge is 2.32. The lowest BCUT2D eigenvalue weighted by Crippen LogP contribution is -2.18. The van der Waals surface area contributed by atoms with Gasteiger partial charge in [0.1, 0.15) is 5.82 Å². The van der Waals surface area contributed by atoms with Crippen LogP contribution in [0.5, 0.6) is 0 Å². The van der Waals surface area contributed by atoms with E-state index in [1.165, 1.54) is 12.1 Å². The van der Waals surface area contributed by atoms with Crippen LogP contribution < -0.4 is 5.32 Å². The van der Waals surface area contributed by atoms with Crippen molar-refractivity contribution in [2.24, 2.45) is 0 Å². The van der Waals surface area contributed by atoms with Gasteiger partial charge in [0.2, 0.25) is 0 Å². The maximum Gasteiger partial charge on any atom is 0.416 e. The molecule has 0 spiro atoms. The first-order valence-corrected chi connectivity index (χ1v) is 10.6. The number of amides is 1. The van der Waals surface area contributed by atoms with Gasteiger partial charge in [-0.1, -0.05) is 23.8 Å². The lowest BCUT2D eigenvalue weighted by atomic mass is 10.1. The molecule has 1 N–H and O–H groups in total. The van der Waals surface area contributed by atoms with Gasteiger partial charge < -0.3 is 5.32 Å². The topological polar surface area (TPSA) is 64.0 Å². The zero-order valence-electron chi connectivity index (χ0n) is 16.2. The maximum atomic E-state index is 13.0. The van der Waals surface area contributed by atoms with E-state index in [2.05, 4.69) is 10.4 Å². The van der Waals surface area contributed by atoms with Gasteiger partial charge in [-0.2, -0.15) is 18.3 Å². The number of hydrogen-bond donors (Lipinski definition) is 1. The average Bonchev–Trinajstić information content (AvgIpc) is 3.18. The van der Waals surface area contributed by atoms with E-state index in [-0.39, 0.29) is 17.1 Å². The normalized spacial score (nSPS) is 15.8. The van der Waals surface area contributed by atoms with E-state index in [0.717, 1.165) is 28.9 Å². The molecule has 1 aliphatic rings. The van der Waals surface area contributed by atoms with Gasteiger partial charge in [-0.15, -0.1) is 0 Å². The third-order valence-electron chi connectivity index (χ3n) is 4.93. The van der Waals surface area contributed by atoms with Crippen LogP contribution in [0.2, 0.25) is 0 Å². The smallest absolute Gasteiger partial charge is 0.306 e. The van der Waals surface area contributed by atoms with Crippen molar-refractivity contribution in [2.75, 3.05) is 5.32 Å². The molecule has 3 aromatic rings. The molecule has 1 amide bonds. The summed E-state index contributed by atoms with van der Waals surface area (Å²) in [6.07, 6.45) is -4.55. The van der Waals surface area contributed by atoms with Crippen LogP contribution >= 0.6 is 0 Å². The van der Waals surface area contributed by atoms with Crippen LogP contribution in [0.3, 0.4) is 0 Å². The number of carbonyl (C=O) groups is 1. The van der Waals surface area contributed by atoms with Crippen LogP contribution in [-0.4, -0.2) is 19.9 Å². The third kappa shape index (κ3) is 3.77. The second kappa shape index (κ2) is 7.39. The number of anilines is 1. The number of halogens is 3. The van der Waals surface area contributed by atoms with Gasteiger partial charge in [-0.3, -0.25) is 9.00 Å². The number of alkyl halides is 3. The minimum absolute atomic E-state index is 0.119. The van der Waals surface area contributed by atoms with Crippen molar-refractivity contribution < 1.29 is 22.2 Å². The zero-order chi connectivity index (χ0) is 21.6. The van der Waals surface area contributed by atoms with Crippen LogP contribution in [-0.2, 0) is 28.5 Å². The Hall–Kier alpha value is -2.94. The Morgan fingerprint density at radius 2 is 1.90 bits per heavy atom. The second-order valence-electron chi connectivity index (χ2n) is 7.24. The predicted molar refractivity (Wildman–Crippen MR) is 108 cm³/mol. The Kier molecular flexibility index (Phi) is 5.01. The van der Waals surface area contributed by atoms with Crippen LogP contribution in [0.25, 0.3) is 5.69 Å². The summed E-state index contributed by atoms with van der Waals surface area (Å²) >= 11 is 0. The van der Waals surface area contributed by atoms with Crippen molar-refractivity contribution in [1.29, 1.82) is 0 Å². The number of aromatic nitrogens is 2. The van der Waals surface area contributed by atoms with Gasteiger partial charge in [-0.25, -0.2) is 4.68 Å². The first-order chi connectivity index (χ1) is 14.1. The fraction of sp³-hybridized carbons (Fsp3) is 0.238. The van der Waals surface area contributed by atoms with Crippen LogP contribution in [0.15, 0.2) is 42.5 Å². The van der Waals surface area contributed by atoms with Crippen molar-refractivity contribution in [3.05, 3.63) is 76.0 Å². The summed E-state index contributed by atoms with van der Waals surface area (Å²) in [5, 5.41) is 7.24. The quantitative estimate of drug-likeness (QED) is 0.661. The van der Waals surface area contributed by atoms with E-state index in [0.29, 0.717) is 17.1 Å². The summed E-state index contributed by atoms with van der Waals surface area (Å²) in [4.78, 5) is 12.8. The van der Waals surface area contributed by atoms with Crippen molar-refractivity contribution in [3.8, 4) is 5.69 Å². The summed E-state index contributed by atoms with van der Waals surface area (Å²) in [5.74, 6) is 0.163. The number of fused-ring (bicyclic) bond motifs is 1. The highest BCUT2D eigenvalue weighted by Crippen LogP contribution is 2.33. The van der Waals surface area contributed by atoms with Crippen molar-refractivity contribution >= 4 is 22.5 Å². The van der Waals surface area contributed by atoms with Gasteiger partial charge in [0.25, 0.3) is 5.91 Å². The van der Waals surface area contributed by atoms with Crippen molar-refractivity contribution in [2.45, 2.75) is 31.5 Å². The maximum absolute atomic E-state index is 13.0. The van der Waals surface area contributed by atoms with E-state index in [1.54, 1.807) is 4.68 Å². The molecule has 1 aromatic heterocycles. The fourth-order valence-corrected chi connectivity index (χ4v) is 4.75. The summed E-state index contributed by atoms with van der Waals surface area (Å²) in [7, 11) is -1.12. The number of rotatable bonds is 3. The minimum Gasteiger partial charge on any atom is -0.306 e. The molecular formula is C21H18F3N3O2S. The van der Waals surface area contributed by atoms with Crippen molar-refractivity contribution in [3.63, 3.8) is 0 Å². The Labute approximate surface area is 173 Å². The summed E-state index contributed by atoms with van der Waals surface area (Å²) in [5.41, 5.74) is 2.97. The molecule has 2 heterocycles. The van der Waals surface area contributed by atoms with Crippen LogP contribution in [0.4, 0.5) is 19.0 Å². The van der Waals surface area contributed by atoms with Crippen LogP contribution in [0, 0.1) is 13.8 Å². The largest absolute Gasteiger partial charge is 0.416 e. The zero-order valence-corrected chi connectivity index (χ0v) is 17.0. The average molecular weight is 433 g/mol. The SMILES string of the molecule is Cc1ccc(-n2nc3c(c2NC(=O)c2cccc(C(F)(F)F)c2)CS(=O)C3)c(C)c1. The second-order valence-corrected chi connectivity index (χ2v) is 8.69. The molecular weight excluding hydrogens is 415 g/mol. The monoisotopic (exact) mass is 433 g/mol. The highest BCUT2D eigenvalue weighted by molar-refractivity contribution is 7.83. The molecule has 156 valence electrons. The number of carbonyl (C=O) groups excluding carboxylic acids is 1. The molecule has 0 radical (unpaired) electrons. The molecule has 1 unspecified atom stereocenters. The highest BCUT2D eigenvalue weighted by atomic mass is 32.2. The summed E-state index contributed by atoms with van der Waals surface area (Å²) < 4.78 is 52.6. The molecule has 2 aromatic carbocycles. The number of benzene rings is 2. The molecule has 9 heteroatoms. The van der Waals surface area contributed by atoms with Gasteiger partial charge in [0.05, 0.1) is 28.5 Å². The molecule has 0 bridgehead atoms. The van der Waals surface area contributed by atoms with Gasteiger partial charge >= 0.3 is 6.18 Å². The van der Waals surface area contributed by atoms with E-state index in [1.807, 2.05) is 32.0 Å². The molecule has 0 fully saturated rings. The predicted octanol–water partition coefficient (Wildman–Crippen LogP) is 4.52. The van der Waals surface area contributed by atoms with E-state index >= 15 is 0 Å². The van der Waals surface area contributed by atoms with Crippen LogP contribution in [0.1, 0.15) is 38.3 Å². The molecule has 0 saturated carbocycles. The number of aryl methyl sites for hydroxylation is 2. The van der Waals surface area contributed by atoms with E-state index < -0.39 is 28.4 Å². The molecule has 5 nitrogen and oxygen atoms in total. The Bertz CT molecular complexity index is 1180. The first kappa shape index (κ1) is 20.3. The summed E-state index contributed by atoms with van der Waals surface area (Å²) in [6.45, 7) is 3.87. The number of nitrogens with zero attached hydrogens (tertiary/aromatic N) is 2. The van der Waals surface area contributed by atoms with Gasteiger partial charge in [0, 0.05) is 21.9 Å². The lowest BCUT2D eigenvalue weighted by Gasteiger charge is -2.14. The Balaban J connectivity index is 1.75. The Morgan fingerprint density at radius 1 is 1.13 bits per heavy atom. The lowest BCUT2D eigenvalue weighted by molar-refractivity contribution is -0.137. The molecule has 4 rings (SSSR count). The minimum atomic E-state index is -4.55. The molecule has 1 atom stereocenters. The standard InChI is InChI=1S/C21H18F3N3O2S/c1-12-6-7-18(13(2)8-12)27-19(16-10-30(29)11-17(16)26-27)25-20(28)14-4-3-5-15(9-14)21(22,23)24/h3-9H,10-11H2,1-2H3,(H,25,28). The Morgan fingerprint density at radius 3 is 2.60 bits per heavy atom. The fourth-order valence-electron chi connectivity index (χ4n) is 3.49. The number of nitrogens with one attached hydrogen (secondary N) is 1.